The van der Waals surface area contributed by atoms with E-state index in [-0.39, 0.29) is 11.3 Å². The molecule has 0 aliphatic carbocycles. The summed E-state index contributed by atoms with van der Waals surface area (Å²) in [5.41, 5.74) is 0.484. The first-order valence-corrected chi connectivity index (χ1v) is 9.96. The van der Waals surface area contributed by atoms with Gasteiger partial charge in [0.1, 0.15) is 0 Å². The molecule has 1 N–H and O–H groups in total. The molecule has 0 saturated heterocycles. The third kappa shape index (κ3) is 4.03. The fraction of sp³-hybridized carbons (Fsp3) is 0.222. The third-order valence-electron chi connectivity index (χ3n) is 3.60. The summed E-state index contributed by atoms with van der Waals surface area (Å²) in [4.78, 5) is 41.7. The SMILES string of the molecule is CCCn1c(SCC(=O)NC(=O)c2cccs2)nc2ccccc2c1=O. The number of carbonyl (C=O) groups is 2. The maximum absolute atomic E-state index is 12.7. The van der Waals surface area contributed by atoms with Crippen LogP contribution in [0.1, 0.15) is 23.0 Å². The molecule has 0 bridgehead atoms. The number of thiophene rings is 1. The van der Waals surface area contributed by atoms with Gasteiger partial charge in [-0.05, 0) is 30.0 Å². The molecule has 0 spiro atoms. The molecule has 8 heteroatoms. The summed E-state index contributed by atoms with van der Waals surface area (Å²) in [7, 11) is 0. The van der Waals surface area contributed by atoms with E-state index in [1.54, 1.807) is 40.3 Å². The molecule has 0 fully saturated rings. The summed E-state index contributed by atoms with van der Waals surface area (Å²) < 4.78 is 1.58. The minimum Gasteiger partial charge on any atom is -0.291 e. The average molecular weight is 387 g/mol. The number of aromatic nitrogens is 2. The first-order chi connectivity index (χ1) is 12.6. The lowest BCUT2D eigenvalue weighted by Crippen LogP contribution is -2.31. The number of thioether (sulfide) groups is 1. The van der Waals surface area contributed by atoms with Crippen molar-refractivity contribution in [3.8, 4) is 0 Å². The molecule has 0 atom stereocenters. The van der Waals surface area contributed by atoms with Gasteiger partial charge in [0.05, 0.1) is 21.5 Å². The maximum atomic E-state index is 12.7. The van der Waals surface area contributed by atoms with Gasteiger partial charge in [-0.1, -0.05) is 36.9 Å². The Bertz CT molecular complexity index is 997. The average Bonchev–Trinajstić information content (AvgIpc) is 3.17. The summed E-state index contributed by atoms with van der Waals surface area (Å²) in [6.07, 6.45) is 0.774. The van der Waals surface area contributed by atoms with E-state index in [0.717, 1.165) is 18.2 Å². The molecule has 0 aliphatic rings. The van der Waals surface area contributed by atoms with Crippen LogP contribution < -0.4 is 10.9 Å². The van der Waals surface area contributed by atoms with Crippen molar-refractivity contribution in [1.29, 1.82) is 0 Å². The van der Waals surface area contributed by atoms with Gasteiger partial charge in [-0.2, -0.15) is 0 Å². The Morgan fingerprint density at radius 3 is 2.77 bits per heavy atom. The van der Waals surface area contributed by atoms with Crippen LogP contribution in [0.4, 0.5) is 0 Å². The van der Waals surface area contributed by atoms with Gasteiger partial charge in [-0.25, -0.2) is 4.98 Å². The number of hydrogen-bond acceptors (Lipinski definition) is 6. The highest BCUT2D eigenvalue weighted by Crippen LogP contribution is 2.18. The Balaban J connectivity index is 1.77. The normalized spacial score (nSPS) is 10.8. The highest BCUT2D eigenvalue weighted by atomic mass is 32.2. The van der Waals surface area contributed by atoms with Crippen LogP contribution in [0.2, 0.25) is 0 Å². The van der Waals surface area contributed by atoms with Crippen LogP contribution in [-0.2, 0) is 11.3 Å². The Kier molecular flexibility index (Phi) is 5.85. The van der Waals surface area contributed by atoms with Gasteiger partial charge in [0, 0.05) is 6.54 Å². The van der Waals surface area contributed by atoms with Gasteiger partial charge in [0.25, 0.3) is 11.5 Å². The number of nitrogens with zero attached hydrogens (tertiary/aromatic N) is 2. The number of fused-ring (bicyclic) bond motifs is 1. The van der Waals surface area contributed by atoms with Crippen molar-refractivity contribution in [2.45, 2.75) is 25.0 Å². The van der Waals surface area contributed by atoms with Gasteiger partial charge in [0.15, 0.2) is 5.16 Å². The van der Waals surface area contributed by atoms with Crippen LogP contribution in [0.5, 0.6) is 0 Å². The number of nitrogens with one attached hydrogen (secondary N) is 1. The molecule has 0 radical (unpaired) electrons. The number of rotatable bonds is 6. The lowest BCUT2D eigenvalue weighted by atomic mass is 10.2. The number of para-hydroxylation sites is 1. The molecular weight excluding hydrogens is 370 g/mol. The molecule has 1 aromatic carbocycles. The molecule has 2 aromatic heterocycles. The van der Waals surface area contributed by atoms with E-state index < -0.39 is 11.8 Å². The Morgan fingerprint density at radius 2 is 2.04 bits per heavy atom. The first-order valence-electron chi connectivity index (χ1n) is 8.10. The van der Waals surface area contributed by atoms with Gasteiger partial charge < -0.3 is 0 Å². The van der Waals surface area contributed by atoms with Crippen LogP contribution >= 0.6 is 23.1 Å². The van der Waals surface area contributed by atoms with Crippen molar-refractivity contribution in [2.24, 2.45) is 0 Å². The maximum Gasteiger partial charge on any atom is 0.267 e. The third-order valence-corrected chi connectivity index (χ3v) is 5.45. The Labute approximate surface area is 158 Å². The zero-order valence-corrected chi connectivity index (χ0v) is 15.7. The second-order valence-corrected chi connectivity index (χ2v) is 7.40. The van der Waals surface area contributed by atoms with E-state index in [0.29, 0.717) is 27.5 Å². The minimum absolute atomic E-state index is 0.00557. The number of carbonyl (C=O) groups excluding carboxylic acids is 2. The van der Waals surface area contributed by atoms with E-state index in [1.165, 1.54) is 11.3 Å². The van der Waals surface area contributed by atoms with Crippen molar-refractivity contribution in [2.75, 3.05) is 5.75 Å². The minimum atomic E-state index is -0.418. The summed E-state index contributed by atoms with van der Waals surface area (Å²) in [6, 6.07) is 10.6. The van der Waals surface area contributed by atoms with E-state index in [9.17, 15) is 14.4 Å². The molecule has 3 aromatic rings. The summed E-state index contributed by atoms with van der Waals surface area (Å²) in [6.45, 7) is 2.50. The fourth-order valence-electron chi connectivity index (χ4n) is 2.44. The molecule has 0 saturated carbocycles. The standard InChI is InChI=1S/C18H17N3O3S2/c1-2-9-21-17(24)12-6-3-4-7-13(12)19-18(21)26-11-15(22)20-16(23)14-8-5-10-25-14/h3-8,10H,2,9,11H2,1H3,(H,20,22,23). The Hall–Kier alpha value is -2.45. The molecule has 6 nitrogen and oxygen atoms in total. The van der Waals surface area contributed by atoms with Crippen LogP contribution in [0.3, 0.4) is 0 Å². The van der Waals surface area contributed by atoms with Crippen molar-refractivity contribution >= 4 is 45.8 Å². The predicted molar refractivity (Wildman–Crippen MR) is 104 cm³/mol. The highest BCUT2D eigenvalue weighted by Gasteiger charge is 2.15. The first kappa shape index (κ1) is 18.3. The molecule has 3 rings (SSSR count). The lowest BCUT2D eigenvalue weighted by Gasteiger charge is -2.12. The second kappa shape index (κ2) is 8.29. The largest absolute Gasteiger partial charge is 0.291 e. The second-order valence-electron chi connectivity index (χ2n) is 5.51. The van der Waals surface area contributed by atoms with E-state index >= 15 is 0 Å². The zero-order valence-electron chi connectivity index (χ0n) is 14.1. The highest BCUT2D eigenvalue weighted by molar-refractivity contribution is 7.99. The molecule has 134 valence electrons. The summed E-state index contributed by atoms with van der Waals surface area (Å²) in [5, 5.41) is 5.17. The number of imide groups is 1. The predicted octanol–water partition coefficient (Wildman–Crippen LogP) is 2.92. The van der Waals surface area contributed by atoms with Gasteiger partial charge in [0.2, 0.25) is 5.91 Å². The van der Waals surface area contributed by atoms with Gasteiger partial charge >= 0.3 is 0 Å². The van der Waals surface area contributed by atoms with Gasteiger partial charge in [-0.15, -0.1) is 11.3 Å². The number of hydrogen-bond donors (Lipinski definition) is 1. The molecular formula is C18H17N3O3S2. The van der Waals surface area contributed by atoms with Crippen LogP contribution in [0.25, 0.3) is 10.9 Å². The van der Waals surface area contributed by atoms with Crippen molar-refractivity contribution in [1.82, 2.24) is 14.9 Å². The summed E-state index contributed by atoms with van der Waals surface area (Å²) >= 11 is 2.43. The van der Waals surface area contributed by atoms with Gasteiger partial charge in [-0.3, -0.25) is 24.3 Å². The molecule has 0 aliphatic heterocycles. The number of benzene rings is 1. The van der Waals surface area contributed by atoms with Crippen LogP contribution in [-0.4, -0.2) is 27.1 Å². The van der Waals surface area contributed by atoms with E-state index in [1.807, 2.05) is 13.0 Å². The molecule has 26 heavy (non-hydrogen) atoms. The fourth-order valence-corrected chi connectivity index (χ4v) is 3.89. The monoisotopic (exact) mass is 387 g/mol. The topological polar surface area (TPSA) is 81.1 Å². The van der Waals surface area contributed by atoms with Crippen LogP contribution in [0.15, 0.2) is 51.7 Å². The van der Waals surface area contributed by atoms with Crippen molar-refractivity contribution < 1.29 is 9.59 Å². The smallest absolute Gasteiger partial charge is 0.267 e. The number of amides is 2. The van der Waals surface area contributed by atoms with Crippen molar-refractivity contribution in [3.05, 3.63) is 57.0 Å². The van der Waals surface area contributed by atoms with E-state index in [4.69, 9.17) is 0 Å². The van der Waals surface area contributed by atoms with E-state index in [2.05, 4.69) is 10.3 Å². The molecule has 0 unspecified atom stereocenters. The van der Waals surface area contributed by atoms with Crippen LogP contribution in [0, 0.1) is 0 Å². The zero-order chi connectivity index (χ0) is 18.5. The Morgan fingerprint density at radius 1 is 1.23 bits per heavy atom. The quantitative estimate of drug-likeness (QED) is 0.520. The summed E-state index contributed by atoms with van der Waals surface area (Å²) in [5.74, 6) is -0.826. The van der Waals surface area contributed by atoms with Crippen molar-refractivity contribution in [3.63, 3.8) is 0 Å². The lowest BCUT2D eigenvalue weighted by molar-refractivity contribution is -0.117. The molecule has 2 heterocycles. The molecule has 2 amide bonds.